The van der Waals surface area contributed by atoms with Crippen molar-refractivity contribution in [2.24, 2.45) is 0 Å². The first-order valence-corrected chi connectivity index (χ1v) is 7.78. The molecule has 2 heterocycles. The van der Waals surface area contributed by atoms with Gasteiger partial charge in [0.05, 0.1) is 10.6 Å². The van der Waals surface area contributed by atoms with Gasteiger partial charge >= 0.3 is 0 Å². The quantitative estimate of drug-likeness (QED) is 0.748. The van der Waals surface area contributed by atoms with Crippen LogP contribution in [0.3, 0.4) is 0 Å². The Morgan fingerprint density at radius 2 is 1.91 bits per heavy atom. The minimum atomic E-state index is -0.379. The maximum Gasteiger partial charge on any atom is 0.266 e. The summed E-state index contributed by atoms with van der Waals surface area (Å²) in [4.78, 5) is 17.1. The average molecular weight is 327 g/mol. The van der Waals surface area contributed by atoms with E-state index >= 15 is 0 Å². The van der Waals surface area contributed by atoms with Crippen LogP contribution in [0.2, 0.25) is 5.02 Å². The maximum absolute atomic E-state index is 12.2. The van der Waals surface area contributed by atoms with Gasteiger partial charge in [0.15, 0.2) is 0 Å². The molecule has 0 aliphatic heterocycles. The largest absolute Gasteiger partial charge is 0.320 e. The average Bonchev–Trinajstić information content (AvgIpc) is 2.94. The van der Waals surface area contributed by atoms with E-state index in [-0.39, 0.29) is 11.1 Å². The van der Waals surface area contributed by atoms with Crippen molar-refractivity contribution >= 4 is 22.9 Å². The van der Waals surface area contributed by atoms with Gasteiger partial charge in [-0.15, -0.1) is 11.3 Å². The fraction of sp³-hybridized carbons (Fsp3) is 0.0588. The number of nitriles is 1. The van der Waals surface area contributed by atoms with Crippen molar-refractivity contribution in [1.82, 2.24) is 4.98 Å². The Morgan fingerprint density at radius 3 is 2.50 bits per heavy atom. The molecule has 0 amide bonds. The zero-order chi connectivity index (χ0) is 15.7. The van der Waals surface area contributed by atoms with Crippen molar-refractivity contribution in [2.75, 3.05) is 0 Å². The van der Waals surface area contributed by atoms with Gasteiger partial charge < -0.3 is 4.98 Å². The summed E-state index contributed by atoms with van der Waals surface area (Å²) in [6.45, 7) is 2.01. The number of thiophene rings is 1. The van der Waals surface area contributed by atoms with Crippen molar-refractivity contribution in [3.8, 4) is 27.8 Å². The zero-order valence-corrected chi connectivity index (χ0v) is 13.3. The number of nitrogens with one attached hydrogen (secondary N) is 1. The Hall–Kier alpha value is -2.35. The molecule has 0 fully saturated rings. The number of aromatic nitrogens is 1. The monoisotopic (exact) mass is 326 g/mol. The molecule has 3 rings (SSSR count). The van der Waals surface area contributed by atoms with Gasteiger partial charge in [0.25, 0.3) is 5.56 Å². The summed E-state index contributed by atoms with van der Waals surface area (Å²) in [6.07, 6.45) is 0. The van der Waals surface area contributed by atoms with Crippen LogP contribution in [0.15, 0.2) is 47.3 Å². The van der Waals surface area contributed by atoms with E-state index in [9.17, 15) is 10.1 Å². The molecule has 0 saturated carbocycles. The molecule has 3 nitrogen and oxygen atoms in total. The number of pyridine rings is 1. The molecule has 5 heteroatoms. The van der Waals surface area contributed by atoms with E-state index < -0.39 is 0 Å². The van der Waals surface area contributed by atoms with Gasteiger partial charge in [0.1, 0.15) is 11.6 Å². The van der Waals surface area contributed by atoms with Crippen LogP contribution in [0.4, 0.5) is 0 Å². The SMILES string of the molecule is Cc1ccc(-c2cc(-c3ccc(Cl)cc3)c(C#N)c(=O)[nH]2)s1. The standard InChI is InChI=1S/C17H11ClN2OS/c1-10-2-7-16(22-10)15-8-13(14(9-19)17(21)20-15)11-3-5-12(18)6-4-11/h2-8H,1H3,(H,20,21). The van der Waals surface area contributed by atoms with E-state index in [1.807, 2.05) is 31.2 Å². The highest BCUT2D eigenvalue weighted by atomic mass is 35.5. The number of H-pyrrole nitrogens is 1. The first-order chi connectivity index (χ1) is 10.6. The highest BCUT2D eigenvalue weighted by Gasteiger charge is 2.13. The van der Waals surface area contributed by atoms with Crippen molar-refractivity contribution < 1.29 is 0 Å². The van der Waals surface area contributed by atoms with Crippen LogP contribution in [0, 0.1) is 18.3 Å². The zero-order valence-electron chi connectivity index (χ0n) is 11.7. The van der Waals surface area contributed by atoms with Crippen LogP contribution >= 0.6 is 22.9 Å². The third-order valence-electron chi connectivity index (χ3n) is 3.31. The number of rotatable bonds is 2. The molecule has 22 heavy (non-hydrogen) atoms. The molecule has 0 unspecified atom stereocenters. The van der Waals surface area contributed by atoms with Crippen molar-refractivity contribution in [2.45, 2.75) is 6.92 Å². The number of halogens is 1. The third kappa shape index (κ3) is 2.69. The van der Waals surface area contributed by atoms with Crippen LogP contribution in [0.5, 0.6) is 0 Å². The molecule has 0 bridgehead atoms. The van der Waals surface area contributed by atoms with Gasteiger partial charge in [-0.05, 0) is 42.8 Å². The second kappa shape index (κ2) is 5.80. The summed E-state index contributed by atoms with van der Waals surface area (Å²) in [5, 5.41) is 9.90. The lowest BCUT2D eigenvalue weighted by Crippen LogP contribution is -2.12. The minimum absolute atomic E-state index is 0.111. The number of aryl methyl sites for hydroxylation is 1. The fourth-order valence-electron chi connectivity index (χ4n) is 2.24. The summed E-state index contributed by atoms with van der Waals surface area (Å²) in [5.41, 5.74) is 1.85. The second-order valence-electron chi connectivity index (χ2n) is 4.83. The highest BCUT2D eigenvalue weighted by molar-refractivity contribution is 7.15. The van der Waals surface area contributed by atoms with E-state index in [0.717, 1.165) is 15.3 Å². The molecule has 0 atom stereocenters. The number of nitrogens with zero attached hydrogens (tertiary/aromatic N) is 1. The second-order valence-corrected chi connectivity index (χ2v) is 6.55. The summed E-state index contributed by atoms with van der Waals surface area (Å²) >= 11 is 7.50. The highest BCUT2D eigenvalue weighted by Crippen LogP contribution is 2.30. The van der Waals surface area contributed by atoms with Crippen LogP contribution in [-0.4, -0.2) is 4.98 Å². The summed E-state index contributed by atoms with van der Waals surface area (Å²) < 4.78 is 0. The van der Waals surface area contributed by atoms with E-state index in [1.165, 1.54) is 0 Å². The first kappa shape index (κ1) is 14.6. The molecule has 0 spiro atoms. The summed E-state index contributed by atoms with van der Waals surface area (Å²) in [6, 6.07) is 14.9. The van der Waals surface area contributed by atoms with Gasteiger partial charge in [0.2, 0.25) is 0 Å². The lowest BCUT2D eigenvalue weighted by atomic mass is 10.0. The Balaban J connectivity index is 2.24. The molecule has 0 aliphatic carbocycles. The van der Waals surface area contributed by atoms with E-state index in [0.29, 0.717) is 16.3 Å². The number of benzene rings is 1. The normalized spacial score (nSPS) is 10.4. The Kier molecular flexibility index (Phi) is 3.84. The Labute approximate surface area is 136 Å². The van der Waals surface area contributed by atoms with Crippen LogP contribution in [0.1, 0.15) is 10.4 Å². The van der Waals surface area contributed by atoms with Gasteiger partial charge in [-0.1, -0.05) is 23.7 Å². The molecule has 0 radical (unpaired) electrons. The maximum atomic E-state index is 12.2. The van der Waals surface area contributed by atoms with Gasteiger partial charge in [-0.3, -0.25) is 4.79 Å². The Morgan fingerprint density at radius 1 is 1.18 bits per heavy atom. The molecular formula is C17H11ClN2OS. The molecule has 108 valence electrons. The molecule has 0 saturated heterocycles. The lowest BCUT2D eigenvalue weighted by molar-refractivity contribution is 1.23. The fourth-order valence-corrected chi connectivity index (χ4v) is 3.20. The van der Waals surface area contributed by atoms with Gasteiger partial charge in [-0.25, -0.2) is 0 Å². The predicted molar refractivity (Wildman–Crippen MR) is 90.3 cm³/mol. The van der Waals surface area contributed by atoms with Crippen molar-refractivity contribution in [3.05, 3.63) is 68.3 Å². The molecular weight excluding hydrogens is 316 g/mol. The van der Waals surface area contributed by atoms with Gasteiger partial charge in [0, 0.05) is 15.5 Å². The first-order valence-electron chi connectivity index (χ1n) is 6.58. The van der Waals surface area contributed by atoms with E-state index in [2.05, 4.69) is 4.98 Å². The van der Waals surface area contributed by atoms with E-state index in [1.54, 1.807) is 35.6 Å². The number of hydrogen-bond donors (Lipinski definition) is 1. The van der Waals surface area contributed by atoms with Crippen LogP contribution < -0.4 is 5.56 Å². The van der Waals surface area contributed by atoms with Crippen LogP contribution in [-0.2, 0) is 0 Å². The molecule has 1 aromatic carbocycles. The molecule has 0 aliphatic rings. The summed E-state index contributed by atoms with van der Waals surface area (Å²) in [5.74, 6) is 0. The third-order valence-corrected chi connectivity index (χ3v) is 4.59. The topological polar surface area (TPSA) is 56.6 Å². The molecule has 1 N–H and O–H groups in total. The van der Waals surface area contributed by atoms with E-state index in [4.69, 9.17) is 11.6 Å². The van der Waals surface area contributed by atoms with Gasteiger partial charge in [-0.2, -0.15) is 5.26 Å². The summed E-state index contributed by atoms with van der Waals surface area (Å²) in [7, 11) is 0. The number of aromatic amines is 1. The van der Waals surface area contributed by atoms with Crippen LogP contribution in [0.25, 0.3) is 21.7 Å². The minimum Gasteiger partial charge on any atom is -0.320 e. The smallest absolute Gasteiger partial charge is 0.266 e. The van der Waals surface area contributed by atoms with Crippen molar-refractivity contribution in [1.29, 1.82) is 5.26 Å². The molecule has 3 aromatic rings. The molecule has 2 aromatic heterocycles. The Bertz CT molecular complexity index is 933. The lowest BCUT2D eigenvalue weighted by Gasteiger charge is -2.07. The van der Waals surface area contributed by atoms with Crippen molar-refractivity contribution in [3.63, 3.8) is 0 Å². The number of hydrogen-bond acceptors (Lipinski definition) is 3. The predicted octanol–water partition coefficient (Wildman–Crippen LogP) is 4.60.